The molecule has 1 fully saturated rings. The molecule has 1 atom stereocenters. The highest BCUT2D eigenvalue weighted by molar-refractivity contribution is 5.88. The van der Waals surface area contributed by atoms with Gasteiger partial charge in [0.1, 0.15) is 24.2 Å². The van der Waals surface area contributed by atoms with Gasteiger partial charge in [0.15, 0.2) is 11.5 Å². The van der Waals surface area contributed by atoms with Crippen LogP contribution in [0.4, 0.5) is 14.6 Å². The number of fused-ring (bicyclic) bond motifs is 2. The van der Waals surface area contributed by atoms with Gasteiger partial charge in [0.05, 0.1) is 12.4 Å². The Kier molecular flexibility index (Phi) is 3.85. The van der Waals surface area contributed by atoms with Gasteiger partial charge in [0.25, 0.3) is 0 Å². The molecule has 8 heteroatoms. The Balaban J connectivity index is 1.46. The Labute approximate surface area is 159 Å². The minimum atomic E-state index is -3.01. The third-order valence-electron chi connectivity index (χ3n) is 5.11. The summed E-state index contributed by atoms with van der Waals surface area (Å²) in [6.45, 7) is 0.128. The van der Waals surface area contributed by atoms with Gasteiger partial charge in [-0.3, -0.25) is 4.90 Å². The van der Waals surface area contributed by atoms with Crippen LogP contribution in [0.2, 0.25) is 0 Å². The molecule has 1 unspecified atom stereocenters. The summed E-state index contributed by atoms with van der Waals surface area (Å²) in [6, 6.07) is 10.1. The zero-order valence-corrected chi connectivity index (χ0v) is 14.8. The van der Waals surface area contributed by atoms with Gasteiger partial charge in [-0.2, -0.15) is 8.78 Å². The van der Waals surface area contributed by atoms with Crippen LogP contribution in [0.25, 0.3) is 21.9 Å². The first-order chi connectivity index (χ1) is 13.6. The van der Waals surface area contributed by atoms with Crippen molar-refractivity contribution in [3.63, 3.8) is 0 Å². The number of aromatic amines is 1. The summed E-state index contributed by atoms with van der Waals surface area (Å²) in [5.41, 5.74) is 0.764. The molecule has 1 saturated heterocycles. The number of hydrogen-bond acceptors (Lipinski definition) is 5. The molecule has 142 valence electrons. The topological polar surface area (TPSA) is 66.9 Å². The van der Waals surface area contributed by atoms with E-state index in [1.165, 1.54) is 12.7 Å². The second kappa shape index (κ2) is 6.40. The number of nitrogens with zero attached hydrogens (tertiary/aromatic N) is 4. The Morgan fingerprint density at radius 1 is 1.11 bits per heavy atom. The highest BCUT2D eigenvalue weighted by Crippen LogP contribution is 2.41. The van der Waals surface area contributed by atoms with E-state index in [0.717, 1.165) is 15.7 Å². The number of H-pyrrole nitrogens is 1. The summed E-state index contributed by atoms with van der Waals surface area (Å²) in [4.78, 5) is 16.1. The molecule has 2 aromatic carbocycles. The molecular weight excluding hydrogens is 364 g/mol. The van der Waals surface area contributed by atoms with E-state index in [4.69, 9.17) is 4.74 Å². The molecule has 0 spiro atoms. The predicted molar refractivity (Wildman–Crippen MR) is 102 cm³/mol. The van der Waals surface area contributed by atoms with Gasteiger partial charge in [-0.1, -0.05) is 36.4 Å². The van der Waals surface area contributed by atoms with E-state index in [1.807, 2.05) is 42.5 Å². The molecule has 0 radical (unpaired) electrons. The Morgan fingerprint density at radius 3 is 2.89 bits per heavy atom. The predicted octanol–water partition coefficient (Wildman–Crippen LogP) is 4.15. The van der Waals surface area contributed by atoms with E-state index >= 15 is 0 Å². The average molecular weight is 381 g/mol. The lowest BCUT2D eigenvalue weighted by molar-refractivity contribution is 0.00885. The van der Waals surface area contributed by atoms with Gasteiger partial charge in [-0.05, 0) is 17.9 Å². The molecule has 5 rings (SSSR count). The van der Waals surface area contributed by atoms with Crippen LogP contribution in [0.3, 0.4) is 0 Å². The number of benzene rings is 2. The van der Waals surface area contributed by atoms with E-state index in [1.54, 1.807) is 0 Å². The summed E-state index contributed by atoms with van der Waals surface area (Å²) in [5, 5.41) is 2.00. The Bertz CT molecular complexity index is 1140. The number of ether oxygens (including phenoxy) is 1. The number of anilines is 1. The minimum Gasteiger partial charge on any atom is -0.491 e. The molecule has 0 amide bonds. The standard InChI is InChI=1S/C20H17F2N5O/c21-20(22)9-8-14(27(20)19-17-18(24-11-23-17)25-12-26-19)10-28-16-7-3-5-13-4-1-2-6-15(13)16/h1-7,11-12,14H,8-10H2,(H,23,24,25,26). The maximum Gasteiger partial charge on any atom is 0.327 e. The first-order valence-corrected chi connectivity index (χ1v) is 9.05. The number of rotatable bonds is 4. The van der Waals surface area contributed by atoms with Crippen LogP contribution >= 0.6 is 0 Å². The molecule has 6 nitrogen and oxygen atoms in total. The van der Waals surface area contributed by atoms with Crippen molar-refractivity contribution in [2.45, 2.75) is 24.9 Å². The largest absolute Gasteiger partial charge is 0.491 e. The van der Waals surface area contributed by atoms with E-state index in [9.17, 15) is 8.78 Å². The lowest BCUT2D eigenvalue weighted by atomic mass is 10.1. The normalized spacial score (nSPS) is 18.8. The molecule has 0 aliphatic carbocycles. The highest BCUT2D eigenvalue weighted by Gasteiger charge is 2.49. The molecular formula is C20H17F2N5O. The molecule has 4 aromatic rings. The lowest BCUT2D eigenvalue weighted by Crippen LogP contribution is -2.44. The summed E-state index contributed by atoms with van der Waals surface area (Å²) < 4.78 is 35.5. The third kappa shape index (κ3) is 2.72. The Morgan fingerprint density at radius 2 is 1.96 bits per heavy atom. The SMILES string of the molecule is FC1(F)CCC(COc2cccc3ccccc23)N1c1ncnc2nc[nH]c12. The molecule has 28 heavy (non-hydrogen) atoms. The lowest BCUT2D eigenvalue weighted by Gasteiger charge is -2.30. The minimum absolute atomic E-state index is 0.128. The molecule has 1 aliphatic rings. The van der Waals surface area contributed by atoms with Crippen LogP contribution in [-0.4, -0.2) is 38.6 Å². The maximum atomic E-state index is 14.7. The molecule has 0 saturated carbocycles. The third-order valence-corrected chi connectivity index (χ3v) is 5.11. The quantitative estimate of drug-likeness (QED) is 0.538. The molecule has 3 heterocycles. The maximum absolute atomic E-state index is 14.7. The summed E-state index contributed by atoms with van der Waals surface area (Å²) in [5.74, 6) is 0.833. The van der Waals surface area contributed by atoms with Gasteiger partial charge in [0.2, 0.25) is 0 Å². The number of alkyl halides is 2. The smallest absolute Gasteiger partial charge is 0.327 e. The van der Waals surface area contributed by atoms with Crippen molar-refractivity contribution in [3.8, 4) is 5.75 Å². The summed E-state index contributed by atoms with van der Waals surface area (Å²) in [6.07, 6.45) is 2.74. The van der Waals surface area contributed by atoms with Crippen molar-refractivity contribution in [2.24, 2.45) is 0 Å². The number of halogens is 2. The fourth-order valence-electron chi connectivity index (χ4n) is 3.79. The monoisotopic (exact) mass is 381 g/mol. The van der Waals surface area contributed by atoms with E-state index in [2.05, 4.69) is 19.9 Å². The van der Waals surface area contributed by atoms with Crippen molar-refractivity contribution in [3.05, 3.63) is 55.1 Å². The highest BCUT2D eigenvalue weighted by atomic mass is 19.3. The van der Waals surface area contributed by atoms with Crippen molar-refractivity contribution >= 4 is 27.8 Å². The number of hydrogen-bond donors (Lipinski definition) is 1. The van der Waals surface area contributed by atoms with Crippen LogP contribution in [0.1, 0.15) is 12.8 Å². The fourth-order valence-corrected chi connectivity index (χ4v) is 3.79. The molecule has 1 aliphatic heterocycles. The van der Waals surface area contributed by atoms with Crippen molar-refractivity contribution < 1.29 is 13.5 Å². The Hall–Kier alpha value is -3.29. The van der Waals surface area contributed by atoms with Gasteiger partial charge >= 0.3 is 6.05 Å². The zero-order valence-electron chi connectivity index (χ0n) is 14.8. The molecule has 2 aromatic heterocycles. The van der Waals surface area contributed by atoms with Gasteiger partial charge < -0.3 is 9.72 Å². The molecule has 0 bridgehead atoms. The van der Waals surface area contributed by atoms with Gasteiger partial charge in [0, 0.05) is 11.8 Å². The fraction of sp³-hybridized carbons (Fsp3) is 0.250. The van der Waals surface area contributed by atoms with Crippen LogP contribution in [0.5, 0.6) is 5.75 Å². The average Bonchev–Trinajstić information content (AvgIpc) is 3.30. The van der Waals surface area contributed by atoms with E-state index in [-0.39, 0.29) is 18.8 Å². The first kappa shape index (κ1) is 16.9. The number of imidazole rings is 1. The van der Waals surface area contributed by atoms with Crippen molar-refractivity contribution in [2.75, 3.05) is 11.5 Å². The van der Waals surface area contributed by atoms with Crippen LogP contribution in [-0.2, 0) is 0 Å². The van der Waals surface area contributed by atoms with Crippen LogP contribution in [0.15, 0.2) is 55.1 Å². The summed E-state index contributed by atoms with van der Waals surface area (Å²) >= 11 is 0. The summed E-state index contributed by atoms with van der Waals surface area (Å²) in [7, 11) is 0. The van der Waals surface area contributed by atoms with Crippen molar-refractivity contribution in [1.29, 1.82) is 0 Å². The zero-order chi connectivity index (χ0) is 19.1. The van der Waals surface area contributed by atoms with Crippen LogP contribution < -0.4 is 9.64 Å². The van der Waals surface area contributed by atoms with Crippen LogP contribution in [0, 0.1) is 0 Å². The number of aromatic nitrogens is 4. The van der Waals surface area contributed by atoms with E-state index in [0.29, 0.717) is 23.3 Å². The second-order valence-corrected chi connectivity index (χ2v) is 6.82. The second-order valence-electron chi connectivity index (χ2n) is 6.82. The van der Waals surface area contributed by atoms with Crippen molar-refractivity contribution in [1.82, 2.24) is 19.9 Å². The van der Waals surface area contributed by atoms with Gasteiger partial charge in [-0.25, -0.2) is 15.0 Å². The van der Waals surface area contributed by atoms with E-state index < -0.39 is 12.1 Å². The number of nitrogens with one attached hydrogen (secondary N) is 1. The molecule has 1 N–H and O–H groups in total. The van der Waals surface area contributed by atoms with Gasteiger partial charge in [-0.15, -0.1) is 0 Å². The first-order valence-electron chi connectivity index (χ1n) is 9.05.